The minimum atomic E-state index is -0.512. The number of amides is 3. The number of nitrogens with one attached hydrogen (secondary N) is 1. The molecule has 0 radical (unpaired) electrons. The van der Waals surface area contributed by atoms with E-state index in [-0.39, 0.29) is 48.8 Å². The fraction of sp³-hybridized carbons (Fsp3) is 0.409. The van der Waals surface area contributed by atoms with Crippen molar-refractivity contribution in [1.29, 1.82) is 0 Å². The molecule has 1 aliphatic heterocycles. The summed E-state index contributed by atoms with van der Waals surface area (Å²) in [5.74, 6) is -1.21. The average molecular weight is 426 g/mol. The Bertz CT molecular complexity index is 939. The second kappa shape index (κ2) is 9.20. The van der Waals surface area contributed by atoms with E-state index in [0.29, 0.717) is 17.5 Å². The Morgan fingerprint density at radius 3 is 2.29 bits per heavy atom. The molecule has 1 aromatic carbocycles. The van der Waals surface area contributed by atoms with Crippen LogP contribution < -0.4 is 10.1 Å². The van der Waals surface area contributed by atoms with E-state index in [2.05, 4.69) is 15.3 Å². The summed E-state index contributed by atoms with van der Waals surface area (Å²) < 4.78 is 18.5. The molecule has 0 saturated heterocycles. The highest BCUT2D eigenvalue weighted by atomic mass is 19.1. The largest absolute Gasteiger partial charge is 0.460 e. The molecule has 162 valence electrons. The number of rotatable bonds is 7. The summed E-state index contributed by atoms with van der Waals surface area (Å²) in [6.07, 6.45) is 5.72. The Morgan fingerprint density at radius 2 is 1.68 bits per heavy atom. The van der Waals surface area contributed by atoms with Gasteiger partial charge < -0.3 is 10.1 Å². The Kier molecular flexibility index (Phi) is 6.20. The smallest absolute Gasteiger partial charge is 0.316 e. The number of benzene rings is 1. The highest BCUT2D eigenvalue weighted by molar-refractivity contribution is 6.21. The van der Waals surface area contributed by atoms with Crippen molar-refractivity contribution in [1.82, 2.24) is 20.2 Å². The maximum absolute atomic E-state index is 12.9. The van der Waals surface area contributed by atoms with Gasteiger partial charge in [0.05, 0.1) is 23.5 Å². The summed E-state index contributed by atoms with van der Waals surface area (Å²) in [6.45, 7) is 0.220. The maximum atomic E-state index is 12.9. The summed E-state index contributed by atoms with van der Waals surface area (Å²) >= 11 is 0. The fourth-order valence-electron chi connectivity index (χ4n) is 3.98. The second-order valence-corrected chi connectivity index (χ2v) is 7.75. The van der Waals surface area contributed by atoms with Gasteiger partial charge in [-0.15, -0.1) is 0 Å². The van der Waals surface area contributed by atoms with E-state index in [1.807, 2.05) is 0 Å². The van der Waals surface area contributed by atoms with Gasteiger partial charge in [-0.05, 0) is 44.2 Å². The van der Waals surface area contributed by atoms with Gasteiger partial charge in [-0.3, -0.25) is 19.3 Å². The molecule has 4 rings (SSSR count). The highest BCUT2D eigenvalue weighted by Crippen LogP contribution is 2.24. The zero-order valence-corrected chi connectivity index (χ0v) is 16.9. The molecule has 1 aliphatic carbocycles. The van der Waals surface area contributed by atoms with Crippen molar-refractivity contribution in [2.45, 2.75) is 50.7 Å². The Balaban J connectivity index is 1.16. The van der Waals surface area contributed by atoms with E-state index in [4.69, 9.17) is 4.74 Å². The van der Waals surface area contributed by atoms with Gasteiger partial charge >= 0.3 is 6.01 Å². The minimum absolute atomic E-state index is 0.0563. The van der Waals surface area contributed by atoms with Gasteiger partial charge in [-0.25, -0.2) is 14.4 Å². The van der Waals surface area contributed by atoms with E-state index in [1.54, 1.807) is 24.3 Å². The number of carbonyl (C=O) groups excluding carboxylic acids is 3. The Labute approximate surface area is 178 Å². The van der Waals surface area contributed by atoms with Crippen molar-refractivity contribution < 1.29 is 23.5 Å². The first-order valence-corrected chi connectivity index (χ1v) is 10.4. The molecule has 3 amide bonds. The molecule has 1 fully saturated rings. The van der Waals surface area contributed by atoms with Crippen LogP contribution in [0.3, 0.4) is 0 Å². The number of aromatic nitrogens is 2. The molecular formula is C22H23FN4O4. The number of fused-ring (bicyclic) bond motifs is 1. The van der Waals surface area contributed by atoms with Gasteiger partial charge in [0, 0.05) is 19.0 Å². The molecule has 31 heavy (non-hydrogen) atoms. The van der Waals surface area contributed by atoms with Crippen molar-refractivity contribution in [3.8, 4) is 6.01 Å². The van der Waals surface area contributed by atoms with Crippen LogP contribution in [-0.4, -0.2) is 51.3 Å². The second-order valence-electron chi connectivity index (χ2n) is 7.75. The summed E-state index contributed by atoms with van der Waals surface area (Å²) in [7, 11) is 0. The molecule has 0 unspecified atom stereocenters. The van der Waals surface area contributed by atoms with Crippen LogP contribution in [-0.2, 0) is 4.79 Å². The van der Waals surface area contributed by atoms with Crippen LogP contribution in [0.25, 0.3) is 0 Å². The van der Waals surface area contributed by atoms with Crippen LogP contribution in [0.2, 0.25) is 0 Å². The van der Waals surface area contributed by atoms with Crippen LogP contribution in [0.4, 0.5) is 4.39 Å². The van der Waals surface area contributed by atoms with Gasteiger partial charge in [0.1, 0.15) is 6.10 Å². The quantitative estimate of drug-likeness (QED) is 0.683. The van der Waals surface area contributed by atoms with E-state index >= 15 is 0 Å². The third kappa shape index (κ3) is 4.87. The van der Waals surface area contributed by atoms with E-state index in [1.165, 1.54) is 4.90 Å². The lowest BCUT2D eigenvalue weighted by molar-refractivity contribution is -0.122. The third-order valence-electron chi connectivity index (χ3n) is 5.57. The van der Waals surface area contributed by atoms with Crippen LogP contribution in [0, 0.1) is 5.82 Å². The normalized spacial score (nSPS) is 20.5. The molecule has 0 spiro atoms. The number of carbonyl (C=O) groups is 3. The number of halogens is 1. The molecule has 2 aromatic rings. The fourth-order valence-corrected chi connectivity index (χ4v) is 3.98. The molecule has 9 heteroatoms. The number of ether oxygens (including phenoxy) is 1. The minimum Gasteiger partial charge on any atom is -0.460 e. The first kappa shape index (κ1) is 20.9. The molecule has 2 heterocycles. The predicted octanol–water partition coefficient (Wildman–Crippen LogP) is 2.50. The van der Waals surface area contributed by atoms with Crippen LogP contribution in [0.15, 0.2) is 36.7 Å². The standard InChI is InChI=1S/C22H23FN4O4/c23-14-12-24-22(25-13-14)31-16-9-7-15(8-10-16)26-19(28)6-3-11-27-20(29)17-4-1-2-5-18(17)21(27)30/h1-2,4-5,12-13,15-16H,3,6-11H2,(H,26,28). The zero-order valence-electron chi connectivity index (χ0n) is 16.9. The number of imide groups is 1. The first-order chi connectivity index (χ1) is 15.0. The Hall–Kier alpha value is -3.36. The number of hydrogen-bond donors (Lipinski definition) is 1. The molecule has 2 aliphatic rings. The molecule has 1 N–H and O–H groups in total. The zero-order chi connectivity index (χ0) is 21.8. The van der Waals surface area contributed by atoms with Crippen molar-refractivity contribution in [2.75, 3.05) is 6.54 Å². The monoisotopic (exact) mass is 426 g/mol. The van der Waals surface area contributed by atoms with Crippen molar-refractivity contribution >= 4 is 17.7 Å². The lowest BCUT2D eigenvalue weighted by atomic mass is 9.93. The number of nitrogens with zero attached hydrogens (tertiary/aromatic N) is 3. The molecule has 0 bridgehead atoms. The van der Waals surface area contributed by atoms with Crippen LogP contribution >= 0.6 is 0 Å². The topological polar surface area (TPSA) is 101 Å². The molecule has 0 atom stereocenters. The van der Waals surface area contributed by atoms with E-state index in [0.717, 1.165) is 38.1 Å². The third-order valence-corrected chi connectivity index (χ3v) is 5.57. The van der Waals surface area contributed by atoms with Gasteiger partial charge in [0.15, 0.2) is 5.82 Å². The van der Waals surface area contributed by atoms with Crippen LogP contribution in [0.1, 0.15) is 59.2 Å². The lowest BCUT2D eigenvalue weighted by Crippen LogP contribution is -2.40. The van der Waals surface area contributed by atoms with Crippen molar-refractivity contribution in [2.24, 2.45) is 0 Å². The lowest BCUT2D eigenvalue weighted by Gasteiger charge is -2.28. The van der Waals surface area contributed by atoms with E-state index < -0.39 is 5.82 Å². The van der Waals surface area contributed by atoms with Crippen molar-refractivity contribution in [3.05, 3.63) is 53.6 Å². The summed E-state index contributed by atoms with van der Waals surface area (Å²) in [4.78, 5) is 45.8. The summed E-state index contributed by atoms with van der Waals surface area (Å²) in [5.41, 5.74) is 0.837. The molecule has 8 nitrogen and oxygen atoms in total. The Morgan fingerprint density at radius 1 is 1.06 bits per heavy atom. The first-order valence-electron chi connectivity index (χ1n) is 10.4. The molecule has 1 saturated carbocycles. The predicted molar refractivity (Wildman–Crippen MR) is 108 cm³/mol. The highest BCUT2D eigenvalue weighted by Gasteiger charge is 2.34. The van der Waals surface area contributed by atoms with Crippen LogP contribution in [0.5, 0.6) is 6.01 Å². The average Bonchev–Trinajstić information content (AvgIpc) is 3.02. The summed E-state index contributed by atoms with van der Waals surface area (Å²) in [6, 6.07) is 6.96. The van der Waals surface area contributed by atoms with Gasteiger partial charge in [-0.1, -0.05) is 12.1 Å². The molecular weight excluding hydrogens is 403 g/mol. The maximum Gasteiger partial charge on any atom is 0.316 e. The summed E-state index contributed by atoms with van der Waals surface area (Å²) in [5, 5.41) is 3.01. The molecule has 1 aromatic heterocycles. The van der Waals surface area contributed by atoms with Gasteiger partial charge in [0.25, 0.3) is 11.8 Å². The SMILES string of the molecule is O=C(CCCN1C(=O)c2ccccc2C1=O)NC1CCC(Oc2ncc(F)cn2)CC1. The van der Waals surface area contributed by atoms with Gasteiger partial charge in [0.2, 0.25) is 5.91 Å². The van der Waals surface area contributed by atoms with E-state index in [9.17, 15) is 18.8 Å². The van der Waals surface area contributed by atoms with Crippen molar-refractivity contribution in [3.63, 3.8) is 0 Å². The number of hydrogen-bond acceptors (Lipinski definition) is 6. The van der Waals surface area contributed by atoms with Gasteiger partial charge in [-0.2, -0.15) is 0 Å².